The van der Waals surface area contributed by atoms with Gasteiger partial charge in [-0.3, -0.25) is 19.7 Å². The summed E-state index contributed by atoms with van der Waals surface area (Å²) in [6, 6.07) is 5.40. The van der Waals surface area contributed by atoms with Crippen LogP contribution in [0.25, 0.3) is 0 Å². The van der Waals surface area contributed by atoms with Gasteiger partial charge in [0.1, 0.15) is 5.75 Å². The van der Waals surface area contributed by atoms with Gasteiger partial charge in [0.05, 0.1) is 17.6 Å². The summed E-state index contributed by atoms with van der Waals surface area (Å²) in [6.07, 6.45) is 2.34. The number of hydrogen-bond donors (Lipinski definition) is 0. The first-order valence-corrected chi connectivity index (χ1v) is 7.99. The molecule has 0 spiro atoms. The van der Waals surface area contributed by atoms with Gasteiger partial charge >= 0.3 is 11.9 Å². The Kier molecular flexibility index (Phi) is 8.46. The third-order valence-electron chi connectivity index (χ3n) is 3.21. The van der Waals surface area contributed by atoms with Gasteiger partial charge in [0.25, 0.3) is 5.69 Å². The van der Waals surface area contributed by atoms with Gasteiger partial charge in [-0.1, -0.05) is 19.9 Å². The first-order valence-electron chi connectivity index (χ1n) is 7.99. The molecule has 0 aliphatic heterocycles. The molecular weight excluding hydrogens is 314 g/mol. The Morgan fingerprint density at radius 2 is 1.88 bits per heavy atom. The van der Waals surface area contributed by atoms with Crippen molar-refractivity contribution in [3.8, 4) is 5.75 Å². The quantitative estimate of drug-likeness (QED) is 0.213. The number of nitrogens with zero attached hydrogens (tertiary/aromatic N) is 1. The lowest BCUT2D eigenvalue weighted by atomic mass is 10.1. The molecule has 1 aromatic rings. The number of esters is 2. The summed E-state index contributed by atoms with van der Waals surface area (Å²) in [7, 11) is 0. The minimum absolute atomic E-state index is 0.0454. The average molecular weight is 337 g/mol. The second kappa shape index (κ2) is 10.4. The fourth-order valence-corrected chi connectivity index (χ4v) is 1.97. The summed E-state index contributed by atoms with van der Waals surface area (Å²) in [4.78, 5) is 33.2. The van der Waals surface area contributed by atoms with E-state index in [0.717, 1.165) is 12.8 Å². The minimum Gasteiger partial charge on any atom is -0.466 e. The van der Waals surface area contributed by atoms with E-state index in [1.165, 1.54) is 24.3 Å². The van der Waals surface area contributed by atoms with E-state index in [1.807, 2.05) is 0 Å². The fourth-order valence-electron chi connectivity index (χ4n) is 1.97. The van der Waals surface area contributed by atoms with Gasteiger partial charge in [-0.2, -0.15) is 0 Å². The summed E-state index contributed by atoms with van der Waals surface area (Å²) in [5.74, 6) is -0.178. The van der Waals surface area contributed by atoms with Gasteiger partial charge < -0.3 is 9.47 Å². The Bertz CT molecular complexity index is 570. The Labute approximate surface area is 141 Å². The zero-order chi connectivity index (χ0) is 17.9. The van der Waals surface area contributed by atoms with Crippen LogP contribution in [0.5, 0.6) is 5.75 Å². The molecule has 1 rings (SSSR count). The number of rotatable bonds is 10. The zero-order valence-corrected chi connectivity index (χ0v) is 14.0. The third-order valence-corrected chi connectivity index (χ3v) is 3.21. The molecule has 0 amide bonds. The molecule has 0 atom stereocenters. The lowest BCUT2D eigenvalue weighted by Gasteiger charge is -2.06. The van der Waals surface area contributed by atoms with Crippen molar-refractivity contribution in [3.63, 3.8) is 0 Å². The van der Waals surface area contributed by atoms with Gasteiger partial charge in [0.2, 0.25) is 0 Å². The van der Waals surface area contributed by atoms with Crippen molar-refractivity contribution in [2.75, 3.05) is 6.61 Å². The van der Waals surface area contributed by atoms with Crippen molar-refractivity contribution in [1.29, 1.82) is 0 Å². The predicted molar refractivity (Wildman–Crippen MR) is 87.6 cm³/mol. The van der Waals surface area contributed by atoms with E-state index >= 15 is 0 Å². The number of nitro groups is 1. The van der Waals surface area contributed by atoms with Crippen molar-refractivity contribution in [2.45, 2.75) is 46.0 Å². The summed E-state index contributed by atoms with van der Waals surface area (Å²) in [5.41, 5.74) is -0.148. The predicted octanol–water partition coefficient (Wildman–Crippen LogP) is 3.65. The van der Waals surface area contributed by atoms with Gasteiger partial charge in [0.15, 0.2) is 0 Å². The Balaban J connectivity index is 2.23. The molecule has 0 radical (unpaired) electrons. The molecular formula is C17H23NO6. The van der Waals surface area contributed by atoms with Crippen LogP contribution in [0.4, 0.5) is 5.69 Å². The highest BCUT2D eigenvalue weighted by molar-refractivity contribution is 5.74. The first kappa shape index (κ1) is 19.6. The molecule has 0 fully saturated rings. The van der Waals surface area contributed by atoms with Crippen LogP contribution in [0.2, 0.25) is 0 Å². The monoisotopic (exact) mass is 337 g/mol. The van der Waals surface area contributed by atoms with Crippen molar-refractivity contribution < 1.29 is 24.0 Å². The molecule has 7 nitrogen and oxygen atoms in total. The standard InChI is InChI=1S/C17H23NO6/c1-13(2)6-5-11-23-16(19)9-4-10-17(20)24-15-8-3-7-14(12-15)18(21)22/h3,7-8,12-13H,4-6,9-11H2,1-2H3. The molecule has 7 heteroatoms. The summed E-state index contributed by atoms with van der Waals surface area (Å²) < 4.78 is 10.1. The van der Waals surface area contributed by atoms with Crippen LogP contribution >= 0.6 is 0 Å². The van der Waals surface area contributed by atoms with Crippen molar-refractivity contribution in [2.24, 2.45) is 5.92 Å². The number of ether oxygens (including phenoxy) is 2. The van der Waals surface area contributed by atoms with E-state index in [2.05, 4.69) is 13.8 Å². The lowest BCUT2D eigenvalue weighted by Crippen LogP contribution is -2.11. The minimum atomic E-state index is -0.563. The van der Waals surface area contributed by atoms with Crippen LogP contribution in [0.15, 0.2) is 24.3 Å². The van der Waals surface area contributed by atoms with Gasteiger partial charge in [-0.05, 0) is 31.2 Å². The Morgan fingerprint density at radius 1 is 1.17 bits per heavy atom. The SMILES string of the molecule is CC(C)CCCOC(=O)CCCC(=O)Oc1cccc([N+](=O)[O-])c1. The molecule has 24 heavy (non-hydrogen) atoms. The lowest BCUT2D eigenvalue weighted by molar-refractivity contribution is -0.384. The Hall–Kier alpha value is -2.44. The number of nitro benzene ring substituents is 1. The molecule has 0 heterocycles. The molecule has 0 aliphatic carbocycles. The average Bonchev–Trinajstić information content (AvgIpc) is 2.51. The van der Waals surface area contributed by atoms with Crippen molar-refractivity contribution in [3.05, 3.63) is 34.4 Å². The maximum atomic E-state index is 11.7. The second-order valence-corrected chi connectivity index (χ2v) is 5.84. The van der Waals surface area contributed by atoms with Crippen LogP contribution in [-0.2, 0) is 14.3 Å². The van der Waals surface area contributed by atoms with Gasteiger partial charge in [0, 0.05) is 18.9 Å². The molecule has 0 saturated carbocycles. The number of carbonyl (C=O) groups excluding carboxylic acids is 2. The number of carbonyl (C=O) groups is 2. The van der Waals surface area contributed by atoms with Crippen molar-refractivity contribution in [1.82, 2.24) is 0 Å². The highest BCUT2D eigenvalue weighted by Crippen LogP contribution is 2.19. The third kappa shape index (κ3) is 8.26. The topological polar surface area (TPSA) is 95.7 Å². The maximum Gasteiger partial charge on any atom is 0.311 e. The fraction of sp³-hybridized carbons (Fsp3) is 0.529. The summed E-state index contributed by atoms with van der Waals surface area (Å²) in [6.45, 7) is 4.61. The number of hydrogen-bond acceptors (Lipinski definition) is 6. The molecule has 0 N–H and O–H groups in total. The molecule has 0 aliphatic rings. The molecule has 0 saturated heterocycles. The summed E-state index contributed by atoms with van der Waals surface area (Å²) >= 11 is 0. The van der Waals surface area contributed by atoms with Gasteiger partial charge in [-0.25, -0.2) is 0 Å². The number of non-ortho nitro benzene ring substituents is 1. The van der Waals surface area contributed by atoms with E-state index in [-0.39, 0.29) is 30.2 Å². The van der Waals surface area contributed by atoms with E-state index in [1.54, 1.807) is 0 Å². The van der Waals surface area contributed by atoms with Crippen LogP contribution in [0, 0.1) is 16.0 Å². The normalized spacial score (nSPS) is 10.5. The van der Waals surface area contributed by atoms with E-state index in [9.17, 15) is 19.7 Å². The van der Waals surface area contributed by atoms with Gasteiger partial charge in [-0.15, -0.1) is 0 Å². The maximum absolute atomic E-state index is 11.7. The molecule has 132 valence electrons. The van der Waals surface area contributed by atoms with Crippen molar-refractivity contribution >= 4 is 17.6 Å². The second-order valence-electron chi connectivity index (χ2n) is 5.84. The van der Waals surface area contributed by atoms with E-state index < -0.39 is 10.9 Å². The first-order chi connectivity index (χ1) is 11.4. The molecule has 0 aromatic heterocycles. The molecule has 0 bridgehead atoms. The molecule has 0 unspecified atom stereocenters. The Morgan fingerprint density at radius 3 is 2.54 bits per heavy atom. The summed E-state index contributed by atoms with van der Waals surface area (Å²) in [5, 5.41) is 10.6. The van der Waals surface area contributed by atoms with Crippen LogP contribution in [-0.4, -0.2) is 23.5 Å². The largest absolute Gasteiger partial charge is 0.466 e. The van der Waals surface area contributed by atoms with E-state index in [4.69, 9.17) is 9.47 Å². The smallest absolute Gasteiger partial charge is 0.311 e. The molecule has 1 aromatic carbocycles. The van der Waals surface area contributed by atoms with Crippen LogP contribution < -0.4 is 4.74 Å². The highest BCUT2D eigenvalue weighted by Gasteiger charge is 2.11. The zero-order valence-electron chi connectivity index (χ0n) is 14.0. The van der Waals surface area contributed by atoms with Crippen LogP contribution in [0.1, 0.15) is 46.0 Å². The van der Waals surface area contributed by atoms with Crippen LogP contribution in [0.3, 0.4) is 0 Å². The highest BCUT2D eigenvalue weighted by atomic mass is 16.6. The number of benzene rings is 1. The van der Waals surface area contributed by atoms with E-state index in [0.29, 0.717) is 18.9 Å².